The van der Waals surface area contributed by atoms with Crippen molar-refractivity contribution in [1.29, 1.82) is 0 Å². The molecule has 2 heterocycles. The first-order valence-electron chi connectivity index (χ1n) is 9.73. The van der Waals surface area contributed by atoms with Crippen LogP contribution in [0.3, 0.4) is 0 Å². The Morgan fingerprint density at radius 1 is 1.20 bits per heavy atom. The number of aromatic nitrogens is 1. The summed E-state index contributed by atoms with van der Waals surface area (Å²) in [6.45, 7) is 0. The molecular weight excluding hydrogens is 380 g/mol. The van der Waals surface area contributed by atoms with Crippen molar-refractivity contribution < 1.29 is 13.9 Å². The molecule has 1 aliphatic heterocycles. The molecule has 3 aromatic rings. The van der Waals surface area contributed by atoms with Crippen molar-refractivity contribution in [3.63, 3.8) is 0 Å². The summed E-state index contributed by atoms with van der Waals surface area (Å²) in [4.78, 5) is 20.8. The maximum absolute atomic E-state index is 12.1. The van der Waals surface area contributed by atoms with Gasteiger partial charge < -0.3 is 19.8 Å². The summed E-state index contributed by atoms with van der Waals surface area (Å²) in [5, 5.41) is 6.32. The number of nitrogens with one attached hydrogen (secondary N) is 2. The number of nitrogens with zero attached hydrogens (tertiary/aromatic N) is 2. The largest absolute Gasteiger partial charge is 0.497 e. The molecule has 5 rings (SSSR count). The molecule has 2 N–H and O–H groups in total. The molecule has 0 saturated heterocycles. The van der Waals surface area contributed by atoms with Gasteiger partial charge in [0.1, 0.15) is 17.8 Å². The number of aliphatic imine (C=N–C) groups is 1. The topological polar surface area (TPSA) is 88.8 Å². The second-order valence-corrected chi connectivity index (χ2v) is 7.19. The zero-order valence-electron chi connectivity index (χ0n) is 16.4. The summed E-state index contributed by atoms with van der Waals surface area (Å²) in [6.07, 6.45) is 4.65. The Bertz CT molecular complexity index is 1150. The van der Waals surface area contributed by atoms with Gasteiger partial charge in [-0.15, -0.1) is 0 Å². The van der Waals surface area contributed by atoms with Crippen LogP contribution in [0.25, 0.3) is 5.70 Å². The highest BCUT2D eigenvalue weighted by atomic mass is 16.5. The van der Waals surface area contributed by atoms with Crippen LogP contribution in [0.1, 0.15) is 34.5 Å². The monoisotopic (exact) mass is 400 g/mol. The van der Waals surface area contributed by atoms with Gasteiger partial charge in [-0.3, -0.25) is 9.79 Å². The minimum Gasteiger partial charge on any atom is -0.497 e. The summed E-state index contributed by atoms with van der Waals surface area (Å²) < 4.78 is 10.2. The van der Waals surface area contributed by atoms with Crippen LogP contribution in [-0.4, -0.2) is 29.9 Å². The summed E-state index contributed by atoms with van der Waals surface area (Å²) in [7, 11) is 1.67. The maximum Gasteiger partial charge on any atom is 0.277 e. The van der Waals surface area contributed by atoms with Crippen LogP contribution in [0, 0.1) is 0 Å². The van der Waals surface area contributed by atoms with Gasteiger partial charge in [0.25, 0.3) is 5.91 Å². The van der Waals surface area contributed by atoms with Gasteiger partial charge in [0.15, 0.2) is 12.1 Å². The highest BCUT2D eigenvalue weighted by molar-refractivity contribution is 6.06. The standard InChI is InChI=1S/C23H20N4O3/c1-29-17-4-2-3-15(11-17)21-18-9-10-19(18)26-22(27-21)14-5-7-16(8-6-14)25-23(28)20-12-30-13-24-20/h2-8,11-13,19H,9-10H2,1H3,(H,25,28)(H,26,27). The van der Waals surface area contributed by atoms with Gasteiger partial charge in [-0.05, 0) is 54.8 Å². The van der Waals surface area contributed by atoms with Crippen molar-refractivity contribution in [3.05, 3.63) is 83.6 Å². The molecule has 2 aliphatic rings. The smallest absolute Gasteiger partial charge is 0.277 e. The van der Waals surface area contributed by atoms with E-state index in [0.29, 0.717) is 5.69 Å². The summed E-state index contributed by atoms with van der Waals surface area (Å²) >= 11 is 0. The number of amides is 1. The van der Waals surface area contributed by atoms with E-state index in [4.69, 9.17) is 14.1 Å². The van der Waals surface area contributed by atoms with Crippen LogP contribution >= 0.6 is 0 Å². The number of oxazole rings is 1. The number of anilines is 1. The van der Waals surface area contributed by atoms with Gasteiger partial charge in [-0.2, -0.15) is 0 Å². The van der Waals surface area contributed by atoms with E-state index in [2.05, 4.69) is 21.7 Å². The maximum atomic E-state index is 12.1. The Hall–Kier alpha value is -3.87. The average Bonchev–Trinajstić information content (AvgIpc) is 3.30. The first-order chi connectivity index (χ1) is 14.7. The molecule has 1 aromatic heterocycles. The SMILES string of the molecule is COc1cccc(C2=C3CCC3N=C(c3ccc(NC(=O)c4cocn4)cc3)N2)c1. The van der Waals surface area contributed by atoms with Gasteiger partial charge in [-0.1, -0.05) is 12.1 Å². The van der Waals surface area contributed by atoms with Gasteiger partial charge in [0.2, 0.25) is 0 Å². The number of hydrogen-bond donors (Lipinski definition) is 2. The van der Waals surface area contributed by atoms with Crippen LogP contribution < -0.4 is 15.4 Å². The minimum absolute atomic E-state index is 0.217. The normalized spacial score (nSPS) is 17.4. The van der Waals surface area contributed by atoms with Crippen LogP contribution in [0.4, 0.5) is 5.69 Å². The molecule has 0 bridgehead atoms. The summed E-state index contributed by atoms with van der Waals surface area (Å²) in [6, 6.07) is 15.9. The van der Waals surface area contributed by atoms with Crippen LogP contribution in [-0.2, 0) is 0 Å². The number of amidine groups is 1. The lowest BCUT2D eigenvalue weighted by Gasteiger charge is -2.35. The number of carbonyl (C=O) groups is 1. The van der Waals surface area contributed by atoms with Gasteiger partial charge in [0.05, 0.1) is 13.2 Å². The molecule has 150 valence electrons. The van der Waals surface area contributed by atoms with Crippen molar-refractivity contribution in [2.24, 2.45) is 4.99 Å². The van der Waals surface area contributed by atoms with E-state index in [1.807, 2.05) is 42.5 Å². The average molecular weight is 400 g/mol. The molecule has 7 heteroatoms. The molecular formula is C23H20N4O3. The molecule has 30 heavy (non-hydrogen) atoms. The molecule has 1 aliphatic carbocycles. The van der Waals surface area contributed by atoms with E-state index in [0.717, 1.165) is 41.3 Å². The number of carbonyl (C=O) groups excluding carboxylic acids is 1. The fraction of sp³-hybridized carbons (Fsp3) is 0.174. The van der Waals surface area contributed by atoms with Crippen LogP contribution in [0.2, 0.25) is 0 Å². The minimum atomic E-state index is -0.313. The third-order valence-electron chi connectivity index (χ3n) is 5.38. The molecule has 1 saturated carbocycles. The third kappa shape index (κ3) is 3.34. The molecule has 1 amide bonds. The molecule has 1 unspecified atom stereocenters. The Morgan fingerprint density at radius 2 is 2.07 bits per heavy atom. The third-order valence-corrected chi connectivity index (χ3v) is 5.38. The van der Waals surface area contributed by atoms with Crippen molar-refractivity contribution in [2.45, 2.75) is 18.9 Å². The Balaban J connectivity index is 1.36. The Labute approximate surface area is 173 Å². The second-order valence-electron chi connectivity index (χ2n) is 7.19. The summed E-state index contributed by atoms with van der Waals surface area (Å²) in [5.41, 5.74) is 5.42. The van der Waals surface area contributed by atoms with E-state index >= 15 is 0 Å². The van der Waals surface area contributed by atoms with E-state index in [1.54, 1.807) is 7.11 Å². The van der Waals surface area contributed by atoms with Crippen LogP contribution in [0.15, 0.2) is 76.2 Å². The van der Waals surface area contributed by atoms with E-state index < -0.39 is 0 Å². The number of rotatable bonds is 5. The zero-order chi connectivity index (χ0) is 20.5. The quantitative estimate of drug-likeness (QED) is 0.679. The second kappa shape index (κ2) is 7.51. The zero-order valence-corrected chi connectivity index (χ0v) is 16.4. The molecule has 0 radical (unpaired) electrons. The predicted molar refractivity (Wildman–Crippen MR) is 114 cm³/mol. The lowest BCUT2D eigenvalue weighted by molar-refractivity contribution is 0.102. The molecule has 0 spiro atoms. The van der Waals surface area contributed by atoms with E-state index in [1.165, 1.54) is 18.2 Å². The Morgan fingerprint density at radius 3 is 2.77 bits per heavy atom. The molecule has 2 aromatic carbocycles. The fourth-order valence-electron chi connectivity index (χ4n) is 3.65. The summed E-state index contributed by atoms with van der Waals surface area (Å²) in [5.74, 6) is 1.34. The van der Waals surface area contributed by atoms with Crippen molar-refractivity contribution in [1.82, 2.24) is 10.3 Å². The first-order valence-corrected chi connectivity index (χ1v) is 9.73. The number of ether oxygens (including phenoxy) is 1. The van der Waals surface area contributed by atoms with Crippen molar-refractivity contribution in [3.8, 4) is 5.75 Å². The van der Waals surface area contributed by atoms with Gasteiger partial charge in [-0.25, -0.2) is 4.98 Å². The molecule has 7 nitrogen and oxygen atoms in total. The Kier molecular flexibility index (Phi) is 4.55. The number of benzene rings is 2. The van der Waals surface area contributed by atoms with Crippen molar-refractivity contribution in [2.75, 3.05) is 12.4 Å². The first kappa shape index (κ1) is 18.2. The highest BCUT2D eigenvalue weighted by Crippen LogP contribution is 2.38. The van der Waals surface area contributed by atoms with Gasteiger partial charge >= 0.3 is 0 Å². The van der Waals surface area contributed by atoms with Crippen LogP contribution in [0.5, 0.6) is 5.75 Å². The molecule has 1 atom stereocenters. The van der Waals surface area contributed by atoms with E-state index in [9.17, 15) is 4.79 Å². The predicted octanol–water partition coefficient (Wildman–Crippen LogP) is 3.86. The fourth-order valence-corrected chi connectivity index (χ4v) is 3.65. The van der Waals surface area contributed by atoms with Crippen molar-refractivity contribution >= 4 is 23.1 Å². The highest BCUT2D eigenvalue weighted by Gasteiger charge is 2.32. The number of methoxy groups -OCH3 is 1. The number of hydrogen-bond acceptors (Lipinski definition) is 6. The number of fused-ring (bicyclic) bond motifs is 1. The molecule has 1 fully saturated rings. The van der Waals surface area contributed by atoms with Gasteiger partial charge in [0, 0.05) is 22.5 Å². The lowest BCUT2D eigenvalue weighted by Crippen LogP contribution is -2.37. The van der Waals surface area contributed by atoms with E-state index in [-0.39, 0.29) is 17.6 Å². The lowest BCUT2D eigenvalue weighted by atomic mass is 9.82.